The highest BCUT2D eigenvalue weighted by atomic mass is 16.4. The summed E-state index contributed by atoms with van der Waals surface area (Å²) >= 11 is 0. The number of aliphatic hydroxyl groups is 4. The molecule has 0 radical (unpaired) electrons. The molecule has 0 aromatic carbocycles. The molecule has 0 saturated carbocycles. The van der Waals surface area contributed by atoms with Gasteiger partial charge in [0.2, 0.25) is 0 Å². The Labute approximate surface area is 102 Å². The minimum Gasteiger partial charge on any atom is -0.481 e. The van der Waals surface area contributed by atoms with E-state index in [2.05, 4.69) is 4.98 Å². The van der Waals surface area contributed by atoms with E-state index in [-0.39, 0.29) is 17.9 Å². The van der Waals surface area contributed by atoms with E-state index < -0.39 is 36.9 Å². The van der Waals surface area contributed by atoms with Crippen molar-refractivity contribution < 1.29 is 30.3 Å². The molecule has 1 aromatic heterocycles. The van der Waals surface area contributed by atoms with Gasteiger partial charge in [-0.1, -0.05) is 0 Å². The monoisotopic (exact) mass is 258 g/mol. The molecule has 1 aliphatic rings. The van der Waals surface area contributed by atoms with Crippen molar-refractivity contribution in [1.82, 2.24) is 9.55 Å². The number of rotatable bonds is 3. The van der Waals surface area contributed by atoms with Crippen molar-refractivity contribution in [1.29, 1.82) is 0 Å². The summed E-state index contributed by atoms with van der Waals surface area (Å²) < 4.78 is 1.31. The summed E-state index contributed by atoms with van der Waals surface area (Å²) in [6.07, 6.45) is -3.20. The number of aliphatic hydroxyl groups excluding tert-OH is 4. The normalized spacial score (nSPS) is 31.1. The third-order valence-electron chi connectivity index (χ3n) is 3.02. The van der Waals surface area contributed by atoms with E-state index in [4.69, 9.17) is 5.11 Å². The Hall–Kier alpha value is -1.48. The number of hydrogen-bond acceptors (Lipinski definition) is 6. The predicted molar refractivity (Wildman–Crippen MR) is 56.7 cm³/mol. The highest BCUT2D eigenvalue weighted by molar-refractivity contribution is 5.69. The summed E-state index contributed by atoms with van der Waals surface area (Å²) in [6, 6.07) is -0.853. The number of carbonyl (C=O) groups is 1. The van der Waals surface area contributed by atoms with Crippen LogP contribution in [0.25, 0.3) is 0 Å². The van der Waals surface area contributed by atoms with Gasteiger partial charge in [-0.05, 0) is 0 Å². The molecule has 2 rings (SSSR count). The first-order chi connectivity index (χ1) is 8.45. The average Bonchev–Trinajstić information content (AvgIpc) is 2.70. The lowest BCUT2D eigenvalue weighted by Crippen LogP contribution is -2.46. The number of nitrogens with zero attached hydrogens (tertiary/aromatic N) is 2. The Morgan fingerprint density at radius 1 is 1.33 bits per heavy atom. The number of aromatic nitrogens is 2. The van der Waals surface area contributed by atoms with Crippen LogP contribution in [0, 0.1) is 0 Å². The van der Waals surface area contributed by atoms with E-state index >= 15 is 0 Å². The second kappa shape index (κ2) is 4.65. The maximum Gasteiger partial charge on any atom is 0.309 e. The number of fused-ring (bicyclic) bond motifs is 1. The summed E-state index contributed by atoms with van der Waals surface area (Å²) in [7, 11) is 0. The Kier molecular flexibility index (Phi) is 3.35. The largest absolute Gasteiger partial charge is 0.481 e. The maximum absolute atomic E-state index is 10.6. The van der Waals surface area contributed by atoms with Crippen molar-refractivity contribution in [2.75, 3.05) is 6.61 Å². The Balaban J connectivity index is 2.41. The second-order valence-corrected chi connectivity index (χ2v) is 4.24. The first kappa shape index (κ1) is 13.0. The number of imidazole rings is 1. The van der Waals surface area contributed by atoms with Crippen molar-refractivity contribution >= 4 is 5.97 Å². The third-order valence-corrected chi connectivity index (χ3v) is 3.02. The molecule has 0 fully saturated rings. The molecule has 100 valence electrons. The van der Waals surface area contributed by atoms with Gasteiger partial charge in [0.25, 0.3) is 0 Å². The minimum absolute atomic E-state index is 0.0445. The van der Waals surface area contributed by atoms with Crippen LogP contribution in [0.5, 0.6) is 0 Å². The van der Waals surface area contributed by atoms with Crippen LogP contribution in [-0.4, -0.2) is 59.9 Å². The van der Waals surface area contributed by atoms with Crippen LogP contribution >= 0.6 is 0 Å². The molecule has 0 saturated heterocycles. The van der Waals surface area contributed by atoms with Crippen LogP contribution in [0.2, 0.25) is 0 Å². The highest BCUT2D eigenvalue weighted by Gasteiger charge is 2.41. The van der Waals surface area contributed by atoms with E-state index in [0.717, 1.165) is 0 Å². The summed E-state index contributed by atoms with van der Waals surface area (Å²) in [5.74, 6) is -1.04. The van der Waals surface area contributed by atoms with Gasteiger partial charge in [-0.25, -0.2) is 4.98 Å². The molecule has 0 aliphatic carbocycles. The SMILES string of the molecule is O=C(O)Cc1cn2c(n1)[C@H](O)[C@@H](O)[C@H](O)[C@H]2CO. The first-order valence-electron chi connectivity index (χ1n) is 5.40. The molecular formula is C10H14N2O6. The first-order valence-corrected chi connectivity index (χ1v) is 5.40. The van der Waals surface area contributed by atoms with E-state index in [0.29, 0.717) is 0 Å². The molecule has 1 aliphatic heterocycles. The molecule has 1 aromatic rings. The summed E-state index contributed by atoms with van der Waals surface area (Å²) in [5.41, 5.74) is 0.191. The number of carboxylic acids is 1. The maximum atomic E-state index is 10.6. The molecule has 2 heterocycles. The number of aliphatic carboxylic acids is 1. The second-order valence-electron chi connectivity index (χ2n) is 4.24. The molecule has 18 heavy (non-hydrogen) atoms. The van der Waals surface area contributed by atoms with Crippen molar-refractivity contribution in [3.05, 3.63) is 17.7 Å². The lowest BCUT2D eigenvalue weighted by Gasteiger charge is -2.35. The Morgan fingerprint density at radius 2 is 2.00 bits per heavy atom. The van der Waals surface area contributed by atoms with Gasteiger partial charge in [-0.15, -0.1) is 0 Å². The van der Waals surface area contributed by atoms with E-state index in [1.165, 1.54) is 10.8 Å². The van der Waals surface area contributed by atoms with Gasteiger partial charge in [-0.3, -0.25) is 4.79 Å². The van der Waals surface area contributed by atoms with Crippen LogP contribution < -0.4 is 0 Å². The Bertz CT molecular complexity index is 459. The molecule has 4 atom stereocenters. The molecule has 0 spiro atoms. The highest BCUT2D eigenvalue weighted by Crippen LogP contribution is 2.32. The fourth-order valence-electron chi connectivity index (χ4n) is 2.11. The molecular weight excluding hydrogens is 244 g/mol. The number of carboxylic acid groups (broad SMARTS) is 1. The van der Waals surface area contributed by atoms with E-state index in [1.807, 2.05) is 0 Å². The molecule has 0 bridgehead atoms. The van der Waals surface area contributed by atoms with Gasteiger partial charge >= 0.3 is 5.97 Å². The van der Waals surface area contributed by atoms with E-state index in [1.54, 1.807) is 0 Å². The summed E-state index contributed by atoms with van der Waals surface area (Å²) in [4.78, 5) is 14.5. The fraction of sp³-hybridized carbons (Fsp3) is 0.600. The minimum atomic E-state index is -1.46. The quantitative estimate of drug-likeness (QED) is 0.415. The van der Waals surface area contributed by atoms with Crippen LogP contribution in [0.15, 0.2) is 6.20 Å². The summed E-state index contributed by atoms with van der Waals surface area (Å²) in [5, 5.41) is 46.9. The molecule has 5 N–H and O–H groups in total. The van der Waals surface area contributed by atoms with Crippen molar-refractivity contribution in [3.63, 3.8) is 0 Å². The van der Waals surface area contributed by atoms with Crippen LogP contribution in [-0.2, 0) is 11.2 Å². The predicted octanol–water partition coefficient (Wildman–Crippen LogP) is -2.19. The molecule has 0 unspecified atom stereocenters. The average molecular weight is 258 g/mol. The van der Waals surface area contributed by atoms with Crippen LogP contribution in [0.1, 0.15) is 23.7 Å². The lowest BCUT2D eigenvalue weighted by molar-refractivity contribution is -0.136. The van der Waals surface area contributed by atoms with Crippen LogP contribution in [0.4, 0.5) is 0 Å². The zero-order valence-electron chi connectivity index (χ0n) is 9.34. The number of hydrogen-bond donors (Lipinski definition) is 5. The lowest BCUT2D eigenvalue weighted by atomic mass is 9.96. The van der Waals surface area contributed by atoms with Crippen molar-refractivity contribution in [2.45, 2.75) is 30.8 Å². The summed E-state index contributed by atoms with van der Waals surface area (Å²) in [6.45, 7) is -0.458. The van der Waals surface area contributed by atoms with Gasteiger partial charge in [0.1, 0.15) is 24.1 Å². The van der Waals surface area contributed by atoms with Gasteiger partial charge in [0.05, 0.1) is 24.8 Å². The molecule has 0 amide bonds. The van der Waals surface area contributed by atoms with Gasteiger partial charge in [0.15, 0.2) is 0 Å². The molecule has 8 heteroatoms. The molecule has 8 nitrogen and oxygen atoms in total. The van der Waals surface area contributed by atoms with Gasteiger partial charge < -0.3 is 30.1 Å². The zero-order chi connectivity index (χ0) is 13.4. The van der Waals surface area contributed by atoms with E-state index in [9.17, 15) is 25.2 Å². The zero-order valence-corrected chi connectivity index (χ0v) is 9.34. The fourth-order valence-corrected chi connectivity index (χ4v) is 2.11. The topological polar surface area (TPSA) is 136 Å². The van der Waals surface area contributed by atoms with Crippen LogP contribution in [0.3, 0.4) is 0 Å². The van der Waals surface area contributed by atoms with Crippen molar-refractivity contribution in [3.8, 4) is 0 Å². The standard InChI is InChI=1S/C10H14N2O6/c13-3-5-7(16)8(17)9(18)10-11-4(1-6(14)15)2-12(5)10/h2,5,7-9,13,16-18H,1,3H2,(H,14,15)/t5-,7-,8+,9-/m1/s1. The Morgan fingerprint density at radius 3 is 2.56 bits per heavy atom. The van der Waals surface area contributed by atoms with Gasteiger partial charge in [-0.2, -0.15) is 0 Å². The van der Waals surface area contributed by atoms with Gasteiger partial charge in [0, 0.05) is 6.20 Å². The third kappa shape index (κ3) is 1.99. The smallest absolute Gasteiger partial charge is 0.309 e. The van der Waals surface area contributed by atoms with Crippen molar-refractivity contribution in [2.24, 2.45) is 0 Å².